The third-order valence-corrected chi connectivity index (χ3v) is 3.78. The summed E-state index contributed by atoms with van der Waals surface area (Å²) in [4.78, 5) is 14.1. The minimum absolute atomic E-state index is 0.0992. The van der Waals surface area contributed by atoms with Crippen molar-refractivity contribution < 1.29 is 17.9 Å². The number of rotatable bonds is 6. The number of nitrogens with one attached hydrogen (secondary N) is 1. The Morgan fingerprint density at radius 2 is 2.19 bits per heavy atom. The number of nitro groups is 1. The van der Waals surface area contributed by atoms with E-state index in [2.05, 4.69) is 20.0 Å². The summed E-state index contributed by atoms with van der Waals surface area (Å²) in [6, 6.07) is 3.72. The molecule has 10 heteroatoms. The van der Waals surface area contributed by atoms with Crippen molar-refractivity contribution in [1.82, 2.24) is 10.1 Å². The normalized spacial score (nSPS) is 11.3. The SMILES string of the molecule is CS(=O)(=O)c1ccc(NCCc2ncon2)c([N+](=O)[O-])c1. The van der Waals surface area contributed by atoms with E-state index in [0.717, 1.165) is 12.3 Å². The first-order valence-corrected chi connectivity index (χ1v) is 7.74. The first-order valence-electron chi connectivity index (χ1n) is 5.85. The van der Waals surface area contributed by atoms with Crippen LogP contribution in [0.1, 0.15) is 5.82 Å². The molecule has 0 aliphatic carbocycles. The van der Waals surface area contributed by atoms with Gasteiger partial charge in [0.25, 0.3) is 5.69 Å². The molecule has 0 bridgehead atoms. The molecule has 1 N–H and O–H groups in total. The van der Waals surface area contributed by atoms with Gasteiger partial charge in [-0.2, -0.15) is 4.98 Å². The van der Waals surface area contributed by atoms with Crippen molar-refractivity contribution in [1.29, 1.82) is 0 Å². The van der Waals surface area contributed by atoms with Crippen LogP contribution in [0.25, 0.3) is 0 Å². The van der Waals surface area contributed by atoms with Crippen molar-refractivity contribution in [3.05, 3.63) is 40.5 Å². The third-order valence-electron chi connectivity index (χ3n) is 2.67. The van der Waals surface area contributed by atoms with Crippen LogP contribution in [0.15, 0.2) is 34.0 Å². The topological polar surface area (TPSA) is 128 Å². The molecule has 1 aromatic carbocycles. The number of benzene rings is 1. The van der Waals surface area contributed by atoms with Crippen molar-refractivity contribution in [2.45, 2.75) is 11.3 Å². The van der Waals surface area contributed by atoms with E-state index in [0.29, 0.717) is 18.8 Å². The lowest BCUT2D eigenvalue weighted by atomic mass is 10.2. The van der Waals surface area contributed by atoms with Gasteiger partial charge in [-0.3, -0.25) is 10.1 Å². The molecule has 0 aliphatic heterocycles. The van der Waals surface area contributed by atoms with Gasteiger partial charge in [0, 0.05) is 25.3 Å². The van der Waals surface area contributed by atoms with Gasteiger partial charge in [0.15, 0.2) is 15.7 Å². The maximum Gasteiger partial charge on any atom is 0.293 e. The Balaban J connectivity index is 2.17. The lowest BCUT2D eigenvalue weighted by Gasteiger charge is -2.07. The maximum atomic E-state index is 11.4. The second-order valence-corrected chi connectivity index (χ2v) is 6.25. The number of nitro benzene ring substituents is 1. The summed E-state index contributed by atoms with van der Waals surface area (Å²) in [7, 11) is -3.50. The van der Waals surface area contributed by atoms with Crippen LogP contribution in [0, 0.1) is 10.1 Å². The van der Waals surface area contributed by atoms with Gasteiger partial charge in [-0.25, -0.2) is 8.42 Å². The number of nitrogens with zero attached hydrogens (tertiary/aromatic N) is 3. The van der Waals surface area contributed by atoms with Crippen LogP contribution in [-0.2, 0) is 16.3 Å². The second-order valence-electron chi connectivity index (χ2n) is 4.23. The summed E-state index contributed by atoms with van der Waals surface area (Å²) in [6.07, 6.45) is 2.61. The minimum Gasteiger partial charge on any atom is -0.379 e. The van der Waals surface area contributed by atoms with Crippen molar-refractivity contribution >= 4 is 21.2 Å². The minimum atomic E-state index is -3.50. The standard InChI is InChI=1S/C11H12N4O5S/c1-21(18,19)8-2-3-9(10(6-8)15(16)17)12-5-4-11-13-7-20-14-11/h2-3,6-7,12H,4-5H2,1H3. The Kier molecular flexibility index (Phi) is 4.17. The molecule has 0 amide bonds. The average Bonchev–Trinajstić information content (AvgIpc) is 2.90. The third kappa shape index (κ3) is 3.75. The molecule has 1 aromatic heterocycles. The first kappa shape index (κ1) is 14.9. The number of hydrogen-bond donors (Lipinski definition) is 1. The van der Waals surface area contributed by atoms with Crippen LogP contribution < -0.4 is 5.32 Å². The molecule has 0 atom stereocenters. The molecule has 1 heterocycles. The largest absolute Gasteiger partial charge is 0.379 e. The van der Waals surface area contributed by atoms with E-state index in [9.17, 15) is 18.5 Å². The molecule has 2 aromatic rings. The highest BCUT2D eigenvalue weighted by molar-refractivity contribution is 7.90. The summed E-state index contributed by atoms with van der Waals surface area (Å²) >= 11 is 0. The molecule has 0 saturated carbocycles. The zero-order valence-electron chi connectivity index (χ0n) is 11.0. The molecule has 21 heavy (non-hydrogen) atoms. The van der Waals surface area contributed by atoms with Crippen LogP contribution in [0.5, 0.6) is 0 Å². The predicted molar refractivity (Wildman–Crippen MR) is 72.7 cm³/mol. The Morgan fingerprint density at radius 1 is 1.43 bits per heavy atom. The van der Waals surface area contributed by atoms with E-state index in [1.54, 1.807) is 0 Å². The van der Waals surface area contributed by atoms with Crippen LogP contribution in [0.2, 0.25) is 0 Å². The highest BCUT2D eigenvalue weighted by Crippen LogP contribution is 2.27. The van der Waals surface area contributed by atoms with Crippen LogP contribution in [0.4, 0.5) is 11.4 Å². The Hall–Kier alpha value is -2.49. The van der Waals surface area contributed by atoms with Gasteiger partial charge in [0.2, 0.25) is 6.39 Å². The molecule has 0 saturated heterocycles. The fourth-order valence-corrected chi connectivity index (χ4v) is 2.30. The van der Waals surface area contributed by atoms with Gasteiger partial charge in [-0.15, -0.1) is 0 Å². The Labute approximate surface area is 120 Å². The van der Waals surface area contributed by atoms with E-state index in [-0.39, 0.29) is 16.3 Å². The maximum absolute atomic E-state index is 11.4. The molecule has 9 nitrogen and oxygen atoms in total. The van der Waals surface area contributed by atoms with Gasteiger partial charge < -0.3 is 9.84 Å². The fraction of sp³-hybridized carbons (Fsp3) is 0.273. The second kappa shape index (κ2) is 5.87. The highest BCUT2D eigenvalue weighted by Gasteiger charge is 2.18. The van der Waals surface area contributed by atoms with Gasteiger partial charge >= 0.3 is 0 Å². The zero-order chi connectivity index (χ0) is 15.5. The summed E-state index contributed by atoms with van der Waals surface area (Å²) in [5.41, 5.74) is -0.0677. The summed E-state index contributed by atoms with van der Waals surface area (Å²) in [5, 5.41) is 17.5. The van der Waals surface area contributed by atoms with Gasteiger partial charge in [-0.05, 0) is 12.1 Å². The van der Waals surface area contributed by atoms with Crippen molar-refractivity contribution in [3.8, 4) is 0 Å². The fourth-order valence-electron chi connectivity index (χ4n) is 1.65. The molecule has 112 valence electrons. The molecule has 2 rings (SSSR count). The first-order chi connectivity index (χ1) is 9.88. The molecule has 0 aliphatic rings. The number of aromatic nitrogens is 2. The lowest BCUT2D eigenvalue weighted by molar-refractivity contribution is -0.384. The van der Waals surface area contributed by atoms with E-state index in [1.807, 2.05) is 0 Å². The molecule has 0 unspecified atom stereocenters. The van der Waals surface area contributed by atoms with Gasteiger partial charge in [0.05, 0.1) is 9.82 Å². The van der Waals surface area contributed by atoms with Crippen LogP contribution in [-0.4, -0.2) is 36.3 Å². The predicted octanol–water partition coefficient (Wildman–Crippen LogP) is 1.04. The molecule has 0 radical (unpaired) electrons. The van der Waals surface area contributed by atoms with E-state index >= 15 is 0 Å². The monoisotopic (exact) mass is 312 g/mol. The summed E-state index contributed by atoms with van der Waals surface area (Å²) < 4.78 is 27.4. The average molecular weight is 312 g/mol. The van der Waals surface area contributed by atoms with Crippen LogP contribution in [0.3, 0.4) is 0 Å². The molecule has 0 spiro atoms. The lowest BCUT2D eigenvalue weighted by Crippen LogP contribution is -2.08. The summed E-state index contributed by atoms with van der Waals surface area (Å²) in [5.74, 6) is 0.470. The van der Waals surface area contributed by atoms with Crippen molar-refractivity contribution in [2.75, 3.05) is 18.1 Å². The Morgan fingerprint density at radius 3 is 2.76 bits per heavy atom. The highest BCUT2D eigenvalue weighted by atomic mass is 32.2. The summed E-state index contributed by atoms with van der Waals surface area (Å²) in [6.45, 7) is 0.346. The van der Waals surface area contributed by atoms with Crippen molar-refractivity contribution in [2.24, 2.45) is 0 Å². The molecular weight excluding hydrogens is 300 g/mol. The van der Waals surface area contributed by atoms with Gasteiger partial charge in [0.1, 0.15) is 5.69 Å². The van der Waals surface area contributed by atoms with Crippen LogP contribution >= 0.6 is 0 Å². The molecular formula is C11H12N4O5S. The molecule has 0 fully saturated rings. The number of anilines is 1. The van der Waals surface area contributed by atoms with E-state index < -0.39 is 14.8 Å². The van der Waals surface area contributed by atoms with Crippen molar-refractivity contribution in [3.63, 3.8) is 0 Å². The smallest absolute Gasteiger partial charge is 0.293 e. The quantitative estimate of drug-likeness (QED) is 0.618. The zero-order valence-corrected chi connectivity index (χ0v) is 11.8. The number of sulfone groups is 1. The van der Waals surface area contributed by atoms with E-state index in [4.69, 9.17) is 0 Å². The van der Waals surface area contributed by atoms with E-state index in [1.165, 1.54) is 18.5 Å². The Bertz CT molecular complexity index is 742. The van der Waals surface area contributed by atoms with Gasteiger partial charge in [-0.1, -0.05) is 5.16 Å². The number of hydrogen-bond acceptors (Lipinski definition) is 8.